The molecule has 1 aromatic heterocycles. The molecular weight excluding hydrogens is 509 g/mol. The quantitative estimate of drug-likeness (QED) is 0.367. The Balaban J connectivity index is 1.77. The second kappa shape index (κ2) is 9.55. The van der Waals surface area contributed by atoms with Gasteiger partial charge in [0, 0.05) is 41.6 Å². The van der Waals surface area contributed by atoms with Gasteiger partial charge in [0.1, 0.15) is 6.04 Å². The zero-order valence-electron chi connectivity index (χ0n) is 20.3. The van der Waals surface area contributed by atoms with Crippen molar-refractivity contribution in [2.24, 2.45) is 5.73 Å². The first-order chi connectivity index (χ1) is 17.8. The summed E-state index contributed by atoms with van der Waals surface area (Å²) in [5.74, 6) is 0.590. The van der Waals surface area contributed by atoms with Gasteiger partial charge in [-0.05, 0) is 69.7 Å². The van der Waals surface area contributed by atoms with E-state index in [0.29, 0.717) is 32.8 Å². The number of likely N-dealkylation sites (N-methyl/N-ethyl adjacent to an activating group) is 1. The molecule has 4 aromatic rings. The number of hydrogen-bond acceptors (Lipinski definition) is 7. The van der Waals surface area contributed by atoms with Crippen molar-refractivity contribution in [1.29, 1.82) is 0 Å². The second-order valence-corrected chi connectivity index (χ2v) is 9.65. The van der Waals surface area contributed by atoms with Gasteiger partial charge in [0.05, 0.1) is 5.70 Å². The lowest BCUT2D eigenvalue weighted by Gasteiger charge is -2.38. The minimum Gasteiger partial charge on any atom is -0.403 e. The molecule has 1 aliphatic heterocycles. The van der Waals surface area contributed by atoms with Crippen LogP contribution in [0, 0.1) is 0 Å². The van der Waals surface area contributed by atoms with Crippen LogP contribution in [0.25, 0.3) is 0 Å². The van der Waals surface area contributed by atoms with Gasteiger partial charge in [-0.25, -0.2) is 0 Å². The molecule has 0 saturated carbocycles. The molecule has 0 bridgehead atoms. The van der Waals surface area contributed by atoms with E-state index in [2.05, 4.69) is 22.1 Å². The number of benzene rings is 3. The van der Waals surface area contributed by atoms with Crippen molar-refractivity contribution < 1.29 is 5.11 Å². The van der Waals surface area contributed by atoms with E-state index in [-0.39, 0.29) is 6.04 Å². The zero-order chi connectivity index (χ0) is 26.3. The number of aliphatic hydroxyl groups is 1. The van der Waals surface area contributed by atoms with Crippen LogP contribution < -0.4 is 10.6 Å². The number of rotatable bonds is 6. The van der Waals surface area contributed by atoms with E-state index in [4.69, 9.17) is 28.9 Å². The first-order valence-corrected chi connectivity index (χ1v) is 12.2. The molecule has 3 aromatic carbocycles. The van der Waals surface area contributed by atoms with Gasteiger partial charge < -0.3 is 20.6 Å². The topological polar surface area (TPSA) is 96.3 Å². The number of anilines is 2. The Morgan fingerprint density at radius 1 is 1.08 bits per heavy atom. The molecule has 0 aliphatic carbocycles. The molecule has 0 spiro atoms. The van der Waals surface area contributed by atoms with Gasteiger partial charge in [-0.15, -0.1) is 0 Å². The third kappa shape index (κ3) is 4.03. The summed E-state index contributed by atoms with van der Waals surface area (Å²) in [6, 6.07) is 20.0. The predicted octanol–water partition coefficient (Wildman–Crippen LogP) is 4.81. The van der Waals surface area contributed by atoms with Crippen molar-refractivity contribution in [1.82, 2.24) is 25.1 Å². The Labute approximate surface area is 224 Å². The van der Waals surface area contributed by atoms with Gasteiger partial charge >= 0.3 is 0 Å². The standard InChI is InChI=1S/C27H25Cl2N7O/c1-4-34(2)24(16-30)27(37,18-8-11-20(28)12-9-18)19-10-13-23-22(15-19)25(17-6-5-7-21(29)14-17)36-26(35(23)3)31-32-33-36/h4-16,25,37H,1,30H2,2-3H3/b24-16-. The highest BCUT2D eigenvalue weighted by atomic mass is 35.5. The summed E-state index contributed by atoms with van der Waals surface area (Å²) in [7, 11) is 3.68. The SMILES string of the molecule is C=CN(C)/C(=C\N)C(O)(c1ccc(Cl)cc1)c1ccc2c(c1)C(c1cccc(Cl)c1)n1nnnc1N2C. The van der Waals surface area contributed by atoms with Gasteiger partial charge in [0.15, 0.2) is 5.60 Å². The third-order valence-corrected chi connectivity index (χ3v) is 7.22. The highest BCUT2D eigenvalue weighted by Gasteiger charge is 2.40. The lowest BCUT2D eigenvalue weighted by atomic mass is 9.81. The van der Waals surface area contributed by atoms with E-state index >= 15 is 0 Å². The van der Waals surface area contributed by atoms with E-state index in [0.717, 1.165) is 16.8 Å². The molecule has 2 atom stereocenters. The van der Waals surface area contributed by atoms with Crippen LogP contribution in [0.3, 0.4) is 0 Å². The van der Waals surface area contributed by atoms with Gasteiger partial charge in [0.25, 0.3) is 5.95 Å². The molecule has 2 heterocycles. The molecule has 3 N–H and O–H groups in total. The Morgan fingerprint density at radius 2 is 1.81 bits per heavy atom. The maximum absolute atomic E-state index is 12.5. The van der Waals surface area contributed by atoms with Crippen LogP contribution >= 0.6 is 23.2 Å². The summed E-state index contributed by atoms with van der Waals surface area (Å²) >= 11 is 12.5. The molecular formula is C27H25Cl2N7O. The minimum atomic E-state index is -1.63. The van der Waals surface area contributed by atoms with Crippen LogP contribution in [0.2, 0.25) is 10.0 Å². The molecule has 0 fully saturated rings. The lowest BCUT2D eigenvalue weighted by molar-refractivity contribution is 0.0966. The number of nitrogens with two attached hydrogens (primary N) is 1. The molecule has 0 radical (unpaired) electrons. The van der Waals surface area contributed by atoms with Crippen LogP contribution in [0.15, 0.2) is 91.4 Å². The lowest BCUT2D eigenvalue weighted by Crippen LogP contribution is -2.37. The first-order valence-electron chi connectivity index (χ1n) is 11.5. The summed E-state index contributed by atoms with van der Waals surface area (Å²) in [5, 5.41) is 26.1. The van der Waals surface area contributed by atoms with E-state index in [1.807, 2.05) is 54.4 Å². The number of nitrogens with zero attached hydrogens (tertiary/aromatic N) is 6. The van der Waals surface area contributed by atoms with Crippen molar-refractivity contribution in [2.45, 2.75) is 11.6 Å². The number of hydrogen-bond donors (Lipinski definition) is 2. The zero-order valence-corrected chi connectivity index (χ0v) is 21.8. The number of tetrazole rings is 1. The van der Waals surface area contributed by atoms with Crippen LogP contribution in [0.1, 0.15) is 28.3 Å². The molecule has 1 aliphatic rings. The largest absolute Gasteiger partial charge is 0.403 e. The van der Waals surface area contributed by atoms with Gasteiger partial charge in [-0.3, -0.25) is 0 Å². The van der Waals surface area contributed by atoms with Crippen LogP contribution in [-0.2, 0) is 5.60 Å². The number of aromatic nitrogens is 4. The monoisotopic (exact) mass is 533 g/mol. The molecule has 2 unspecified atom stereocenters. The summed E-state index contributed by atoms with van der Waals surface area (Å²) < 4.78 is 1.74. The molecule has 0 saturated heterocycles. The first kappa shape index (κ1) is 24.8. The molecule has 37 heavy (non-hydrogen) atoms. The fourth-order valence-electron chi connectivity index (χ4n) is 4.86. The maximum atomic E-state index is 12.5. The Kier molecular flexibility index (Phi) is 6.41. The Hall–Kier alpha value is -3.85. The van der Waals surface area contributed by atoms with E-state index in [9.17, 15) is 5.11 Å². The molecule has 188 valence electrons. The van der Waals surface area contributed by atoms with Crippen molar-refractivity contribution in [3.63, 3.8) is 0 Å². The summed E-state index contributed by atoms with van der Waals surface area (Å²) in [5.41, 5.74) is 8.75. The maximum Gasteiger partial charge on any atom is 0.250 e. The smallest absolute Gasteiger partial charge is 0.250 e. The highest BCUT2D eigenvalue weighted by molar-refractivity contribution is 6.30. The Bertz CT molecular complexity index is 1500. The average molecular weight is 534 g/mol. The van der Waals surface area contributed by atoms with Gasteiger partial charge in [-0.1, -0.05) is 65.2 Å². The summed E-state index contributed by atoms with van der Waals surface area (Å²) in [6.07, 6.45) is 2.98. The van der Waals surface area contributed by atoms with E-state index in [1.165, 1.54) is 6.20 Å². The molecule has 10 heteroatoms. The predicted molar refractivity (Wildman–Crippen MR) is 146 cm³/mol. The van der Waals surface area contributed by atoms with E-state index < -0.39 is 5.60 Å². The van der Waals surface area contributed by atoms with Crippen LogP contribution in [-0.4, -0.2) is 44.3 Å². The fraction of sp³-hybridized carbons (Fsp3) is 0.148. The number of fused-ring (bicyclic) bond motifs is 2. The fourth-order valence-corrected chi connectivity index (χ4v) is 5.19. The molecule has 5 rings (SSSR count). The minimum absolute atomic E-state index is 0.383. The highest BCUT2D eigenvalue weighted by Crippen LogP contribution is 2.46. The van der Waals surface area contributed by atoms with Crippen molar-refractivity contribution >= 4 is 34.8 Å². The third-order valence-electron chi connectivity index (χ3n) is 6.73. The summed E-state index contributed by atoms with van der Waals surface area (Å²) in [4.78, 5) is 3.60. The van der Waals surface area contributed by atoms with Crippen molar-refractivity contribution in [2.75, 3.05) is 19.0 Å². The van der Waals surface area contributed by atoms with Gasteiger partial charge in [-0.2, -0.15) is 4.68 Å². The van der Waals surface area contributed by atoms with Crippen molar-refractivity contribution in [3.05, 3.63) is 124 Å². The van der Waals surface area contributed by atoms with E-state index in [1.54, 1.807) is 47.1 Å². The molecule has 8 nitrogen and oxygen atoms in total. The van der Waals surface area contributed by atoms with Crippen molar-refractivity contribution in [3.8, 4) is 0 Å². The van der Waals surface area contributed by atoms with Crippen LogP contribution in [0.4, 0.5) is 11.6 Å². The molecule has 0 amide bonds. The summed E-state index contributed by atoms with van der Waals surface area (Å²) in [6.45, 7) is 3.86. The van der Waals surface area contributed by atoms with Gasteiger partial charge in [0.2, 0.25) is 0 Å². The number of halogens is 2. The Morgan fingerprint density at radius 3 is 2.49 bits per heavy atom. The normalized spacial score (nSPS) is 16.5. The second-order valence-electron chi connectivity index (χ2n) is 8.78. The van der Waals surface area contributed by atoms with Crippen LogP contribution in [0.5, 0.6) is 0 Å². The average Bonchev–Trinajstić information content (AvgIpc) is 3.39.